The van der Waals surface area contributed by atoms with Gasteiger partial charge in [-0.1, -0.05) is 0 Å². The van der Waals surface area contributed by atoms with Crippen molar-refractivity contribution in [2.75, 3.05) is 30.8 Å². The Morgan fingerprint density at radius 3 is 2.88 bits per heavy atom. The molecule has 0 spiro atoms. The number of aliphatic hydroxyl groups is 1. The van der Waals surface area contributed by atoms with Crippen LogP contribution in [0.25, 0.3) is 0 Å². The van der Waals surface area contributed by atoms with Gasteiger partial charge in [-0.3, -0.25) is 10.1 Å². The van der Waals surface area contributed by atoms with Crippen molar-refractivity contribution in [3.8, 4) is 0 Å². The molecule has 1 aromatic heterocycles. The zero-order valence-electron chi connectivity index (χ0n) is 8.93. The topological polar surface area (TPSA) is 100 Å². The van der Waals surface area contributed by atoms with Gasteiger partial charge in [0.2, 0.25) is 5.82 Å². The highest BCUT2D eigenvalue weighted by Gasteiger charge is 2.14. The fourth-order valence-electron chi connectivity index (χ4n) is 1.15. The first-order valence-corrected chi connectivity index (χ1v) is 4.87. The molecule has 1 heterocycles. The number of pyridine rings is 1. The summed E-state index contributed by atoms with van der Waals surface area (Å²) < 4.78 is 0. The third-order valence-corrected chi connectivity index (χ3v) is 1.95. The fourth-order valence-corrected chi connectivity index (χ4v) is 1.15. The van der Waals surface area contributed by atoms with Gasteiger partial charge >= 0.3 is 5.69 Å². The minimum atomic E-state index is -0.492. The Morgan fingerprint density at radius 1 is 1.56 bits per heavy atom. The van der Waals surface area contributed by atoms with E-state index in [1.807, 2.05) is 0 Å². The van der Waals surface area contributed by atoms with E-state index in [4.69, 9.17) is 5.11 Å². The molecule has 0 aliphatic carbocycles. The summed E-state index contributed by atoms with van der Waals surface area (Å²) in [4.78, 5) is 14.3. The number of nitrogens with one attached hydrogen (secondary N) is 2. The van der Waals surface area contributed by atoms with E-state index < -0.39 is 4.92 Å². The molecule has 0 aliphatic rings. The molecule has 7 nitrogen and oxygen atoms in total. The molecule has 1 aromatic rings. The number of rotatable bonds is 6. The van der Waals surface area contributed by atoms with Crippen LogP contribution in [0.1, 0.15) is 6.42 Å². The van der Waals surface area contributed by atoms with Gasteiger partial charge in [0.15, 0.2) is 0 Å². The average Bonchev–Trinajstić information content (AvgIpc) is 2.29. The first kappa shape index (κ1) is 12.2. The van der Waals surface area contributed by atoms with Crippen molar-refractivity contribution in [3.05, 3.63) is 22.2 Å². The predicted molar refractivity (Wildman–Crippen MR) is 60.6 cm³/mol. The summed E-state index contributed by atoms with van der Waals surface area (Å²) in [6.45, 7) is 0.476. The van der Waals surface area contributed by atoms with Gasteiger partial charge < -0.3 is 15.7 Å². The molecule has 0 radical (unpaired) electrons. The summed E-state index contributed by atoms with van der Waals surface area (Å²) in [5.41, 5.74) is -0.0723. The van der Waals surface area contributed by atoms with Gasteiger partial charge in [0.05, 0.1) is 4.92 Å². The van der Waals surface area contributed by atoms with Gasteiger partial charge in [-0.2, -0.15) is 0 Å². The highest BCUT2D eigenvalue weighted by molar-refractivity contribution is 5.60. The quantitative estimate of drug-likeness (QED) is 0.377. The Bertz CT molecular complexity index is 370. The molecule has 7 heteroatoms. The number of nitrogens with zero attached hydrogens (tertiary/aromatic N) is 2. The maximum absolute atomic E-state index is 10.7. The normalized spacial score (nSPS) is 9.88. The molecule has 16 heavy (non-hydrogen) atoms. The molecule has 88 valence electrons. The van der Waals surface area contributed by atoms with Gasteiger partial charge in [0.25, 0.3) is 0 Å². The van der Waals surface area contributed by atoms with E-state index in [1.54, 1.807) is 7.05 Å². The lowest BCUT2D eigenvalue weighted by molar-refractivity contribution is -0.384. The number of aliphatic hydroxyl groups excluding tert-OH is 1. The molecule has 3 N–H and O–H groups in total. The molecule has 0 saturated heterocycles. The van der Waals surface area contributed by atoms with E-state index in [-0.39, 0.29) is 18.1 Å². The lowest BCUT2D eigenvalue weighted by Gasteiger charge is -2.07. The zero-order chi connectivity index (χ0) is 12.0. The summed E-state index contributed by atoms with van der Waals surface area (Å²) in [5.74, 6) is 0.766. The number of nitro groups is 1. The Hall–Kier alpha value is -1.89. The van der Waals surface area contributed by atoms with Crippen molar-refractivity contribution in [2.24, 2.45) is 0 Å². The molecular weight excluding hydrogens is 212 g/mol. The first-order chi connectivity index (χ1) is 7.69. The monoisotopic (exact) mass is 226 g/mol. The zero-order valence-corrected chi connectivity index (χ0v) is 8.93. The van der Waals surface area contributed by atoms with Gasteiger partial charge in [-0.25, -0.2) is 4.98 Å². The van der Waals surface area contributed by atoms with Gasteiger partial charge in [0, 0.05) is 26.3 Å². The Kier molecular flexibility index (Phi) is 4.46. The molecule has 0 atom stereocenters. The third kappa shape index (κ3) is 3.06. The van der Waals surface area contributed by atoms with Crippen LogP contribution in [0.5, 0.6) is 0 Å². The van der Waals surface area contributed by atoms with Crippen molar-refractivity contribution < 1.29 is 10.0 Å². The van der Waals surface area contributed by atoms with Gasteiger partial charge in [0.1, 0.15) is 5.82 Å². The Labute approximate surface area is 92.7 Å². The van der Waals surface area contributed by atoms with Crippen LogP contribution in [-0.4, -0.2) is 35.2 Å². The maximum Gasteiger partial charge on any atom is 0.311 e. The Balaban J connectivity index is 2.87. The lowest BCUT2D eigenvalue weighted by atomic mass is 10.3. The highest BCUT2D eigenvalue weighted by atomic mass is 16.6. The molecule has 0 fully saturated rings. The summed E-state index contributed by atoms with van der Waals surface area (Å²) >= 11 is 0. The molecule has 0 unspecified atom stereocenters. The fraction of sp³-hybridized carbons (Fsp3) is 0.444. The van der Waals surface area contributed by atoms with Crippen molar-refractivity contribution in [1.82, 2.24) is 4.98 Å². The molecule has 0 amide bonds. The van der Waals surface area contributed by atoms with E-state index in [2.05, 4.69) is 15.6 Å². The largest absolute Gasteiger partial charge is 0.396 e. The van der Waals surface area contributed by atoms with Crippen LogP contribution in [0.4, 0.5) is 17.3 Å². The van der Waals surface area contributed by atoms with Crippen LogP contribution < -0.4 is 10.6 Å². The second-order valence-electron chi connectivity index (χ2n) is 3.08. The minimum Gasteiger partial charge on any atom is -0.396 e. The molecule has 0 saturated carbocycles. The van der Waals surface area contributed by atoms with E-state index in [9.17, 15) is 10.1 Å². The summed E-state index contributed by atoms with van der Waals surface area (Å²) in [6.07, 6.45) is 0.516. The van der Waals surface area contributed by atoms with Crippen LogP contribution in [-0.2, 0) is 0 Å². The lowest BCUT2D eigenvalue weighted by Crippen LogP contribution is -2.08. The van der Waals surface area contributed by atoms with Crippen LogP contribution in [0, 0.1) is 10.1 Å². The van der Waals surface area contributed by atoms with Crippen LogP contribution in [0.3, 0.4) is 0 Å². The van der Waals surface area contributed by atoms with Crippen LogP contribution in [0.15, 0.2) is 12.1 Å². The Morgan fingerprint density at radius 2 is 2.31 bits per heavy atom. The van der Waals surface area contributed by atoms with E-state index in [1.165, 1.54) is 12.1 Å². The van der Waals surface area contributed by atoms with E-state index in [0.717, 1.165) is 0 Å². The predicted octanol–water partition coefficient (Wildman–Crippen LogP) is 0.826. The van der Waals surface area contributed by atoms with Gasteiger partial charge in [-0.15, -0.1) is 0 Å². The molecule has 0 aromatic carbocycles. The number of hydrogen-bond acceptors (Lipinski definition) is 6. The van der Waals surface area contributed by atoms with E-state index in [0.29, 0.717) is 18.8 Å². The second kappa shape index (κ2) is 5.86. The number of hydrogen-bond donors (Lipinski definition) is 3. The molecule has 0 aliphatic heterocycles. The first-order valence-electron chi connectivity index (χ1n) is 4.87. The highest BCUT2D eigenvalue weighted by Crippen LogP contribution is 2.23. The third-order valence-electron chi connectivity index (χ3n) is 1.95. The SMILES string of the molecule is CNc1ccc([N+](=O)[O-])c(NCCCO)n1. The van der Waals surface area contributed by atoms with Crippen LogP contribution >= 0.6 is 0 Å². The minimum absolute atomic E-state index is 0.0342. The van der Waals surface area contributed by atoms with Crippen molar-refractivity contribution in [2.45, 2.75) is 6.42 Å². The molecular formula is C9H14N4O3. The summed E-state index contributed by atoms with van der Waals surface area (Å²) in [5, 5.41) is 24.9. The number of anilines is 2. The standard InChI is InChI=1S/C9H14N4O3/c1-10-8-4-3-7(13(15)16)9(12-8)11-5-2-6-14/h3-4,14H,2,5-6H2,1H3,(H2,10,11,12). The van der Waals surface area contributed by atoms with Crippen molar-refractivity contribution >= 4 is 17.3 Å². The number of aromatic nitrogens is 1. The second-order valence-corrected chi connectivity index (χ2v) is 3.08. The molecule has 1 rings (SSSR count). The van der Waals surface area contributed by atoms with Gasteiger partial charge in [-0.05, 0) is 12.5 Å². The average molecular weight is 226 g/mol. The van der Waals surface area contributed by atoms with Crippen LogP contribution in [0.2, 0.25) is 0 Å². The smallest absolute Gasteiger partial charge is 0.311 e. The van der Waals surface area contributed by atoms with E-state index >= 15 is 0 Å². The summed E-state index contributed by atoms with van der Waals surface area (Å²) in [7, 11) is 1.69. The van der Waals surface area contributed by atoms with Crippen molar-refractivity contribution in [3.63, 3.8) is 0 Å². The molecule has 0 bridgehead atoms. The van der Waals surface area contributed by atoms with Crippen molar-refractivity contribution in [1.29, 1.82) is 0 Å². The maximum atomic E-state index is 10.7. The summed E-state index contributed by atoms with van der Waals surface area (Å²) in [6, 6.07) is 2.93.